The molecule has 4 heteroatoms. The largest absolute Gasteiger partial charge is 0.345 e. The van der Waals surface area contributed by atoms with Crippen molar-refractivity contribution in [2.24, 2.45) is 5.92 Å². The number of hydrogen-bond donors (Lipinski definition) is 1. The highest BCUT2D eigenvalue weighted by Gasteiger charge is 2.32. The van der Waals surface area contributed by atoms with E-state index in [0.29, 0.717) is 11.6 Å². The molecule has 0 aliphatic heterocycles. The monoisotopic (exact) mass is 329 g/mol. The molecular weight excluding hydrogens is 310 g/mol. The maximum absolute atomic E-state index is 12.3. The van der Waals surface area contributed by atoms with Gasteiger partial charge in [0.15, 0.2) is 0 Å². The number of fused-ring (bicyclic) bond motifs is 1. The van der Waals surface area contributed by atoms with Gasteiger partial charge in [-0.3, -0.25) is 9.78 Å². The second-order valence-corrected chi connectivity index (χ2v) is 6.35. The van der Waals surface area contributed by atoms with Crippen molar-refractivity contribution >= 4 is 23.0 Å². The maximum Gasteiger partial charge on any atom is 0.244 e. The van der Waals surface area contributed by atoms with Crippen LogP contribution in [-0.2, 0) is 4.79 Å². The molecule has 124 valence electrons. The lowest BCUT2D eigenvalue weighted by atomic mass is 10.0. The molecule has 1 unspecified atom stereocenters. The van der Waals surface area contributed by atoms with Crippen LogP contribution >= 0.6 is 0 Å². The van der Waals surface area contributed by atoms with E-state index in [1.165, 1.54) is 18.9 Å². The first kappa shape index (κ1) is 15.5. The predicted molar refractivity (Wildman–Crippen MR) is 98.6 cm³/mol. The molecule has 1 N–H and O–H groups in total. The first-order chi connectivity index (χ1) is 12.3. The average Bonchev–Trinajstić information content (AvgIpc) is 3.50. The van der Waals surface area contributed by atoms with Crippen molar-refractivity contribution in [1.29, 1.82) is 0 Å². The van der Waals surface area contributed by atoms with Gasteiger partial charge < -0.3 is 5.32 Å². The molecule has 1 heterocycles. The Morgan fingerprint density at radius 3 is 2.52 bits per heavy atom. The van der Waals surface area contributed by atoms with Crippen LogP contribution in [-0.4, -0.2) is 15.9 Å². The van der Waals surface area contributed by atoms with Crippen molar-refractivity contribution < 1.29 is 4.79 Å². The molecule has 4 rings (SSSR count). The summed E-state index contributed by atoms with van der Waals surface area (Å²) in [4.78, 5) is 21.2. The zero-order valence-corrected chi connectivity index (χ0v) is 13.8. The van der Waals surface area contributed by atoms with Crippen LogP contribution in [0, 0.1) is 5.92 Å². The number of amides is 1. The highest BCUT2D eigenvalue weighted by molar-refractivity contribution is 5.92. The van der Waals surface area contributed by atoms with Crippen LogP contribution in [0.3, 0.4) is 0 Å². The summed E-state index contributed by atoms with van der Waals surface area (Å²) < 4.78 is 0. The topological polar surface area (TPSA) is 54.9 Å². The number of carbonyl (C=O) groups is 1. The molecular formula is C21H19N3O. The molecule has 2 aromatic carbocycles. The van der Waals surface area contributed by atoms with Gasteiger partial charge in [-0.25, -0.2) is 4.98 Å². The second-order valence-electron chi connectivity index (χ2n) is 6.35. The minimum atomic E-state index is -0.101. The van der Waals surface area contributed by atoms with Crippen molar-refractivity contribution in [2.45, 2.75) is 18.9 Å². The van der Waals surface area contributed by atoms with E-state index in [1.54, 1.807) is 12.3 Å². The molecule has 0 bridgehead atoms. The molecule has 1 saturated carbocycles. The number of para-hydroxylation sites is 2. The third kappa shape index (κ3) is 3.74. The molecule has 0 radical (unpaired) electrons. The van der Waals surface area contributed by atoms with Gasteiger partial charge >= 0.3 is 0 Å². The number of nitrogens with one attached hydrogen (secondary N) is 1. The third-order valence-corrected chi connectivity index (χ3v) is 4.42. The van der Waals surface area contributed by atoms with Crippen LogP contribution in [0.4, 0.5) is 0 Å². The van der Waals surface area contributed by atoms with Gasteiger partial charge in [-0.05, 0) is 42.5 Å². The van der Waals surface area contributed by atoms with E-state index in [9.17, 15) is 4.79 Å². The van der Waals surface area contributed by atoms with Crippen molar-refractivity contribution in [1.82, 2.24) is 15.3 Å². The lowest BCUT2D eigenvalue weighted by Crippen LogP contribution is -2.28. The molecule has 1 aliphatic carbocycles. The smallest absolute Gasteiger partial charge is 0.244 e. The second kappa shape index (κ2) is 6.85. The fourth-order valence-corrected chi connectivity index (χ4v) is 2.98. The number of nitrogens with zero attached hydrogens (tertiary/aromatic N) is 2. The van der Waals surface area contributed by atoms with Gasteiger partial charge in [-0.1, -0.05) is 42.5 Å². The average molecular weight is 329 g/mol. The number of carbonyl (C=O) groups excluding carboxylic acids is 1. The van der Waals surface area contributed by atoms with Crippen LogP contribution in [0.25, 0.3) is 17.1 Å². The Hall–Kier alpha value is -3.01. The van der Waals surface area contributed by atoms with E-state index in [2.05, 4.69) is 27.4 Å². The molecule has 1 fully saturated rings. The Labute approximate surface area is 146 Å². The lowest BCUT2D eigenvalue weighted by Gasteiger charge is -2.17. The first-order valence-electron chi connectivity index (χ1n) is 8.55. The zero-order valence-electron chi connectivity index (χ0n) is 13.8. The van der Waals surface area contributed by atoms with Gasteiger partial charge in [0.05, 0.1) is 29.0 Å². The molecule has 3 aromatic rings. The van der Waals surface area contributed by atoms with Crippen LogP contribution in [0.2, 0.25) is 0 Å². The zero-order chi connectivity index (χ0) is 17.1. The Balaban J connectivity index is 1.47. The number of hydrogen-bond acceptors (Lipinski definition) is 3. The predicted octanol–water partition coefficient (Wildman–Crippen LogP) is 3.91. The van der Waals surface area contributed by atoms with E-state index in [4.69, 9.17) is 0 Å². The molecule has 0 spiro atoms. The van der Waals surface area contributed by atoms with Gasteiger partial charge in [-0.2, -0.15) is 0 Å². The van der Waals surface area contributed by atoms with Crippen LogP contribution in [0.5, 0.6) is 0 Å². The molecule has 1 atom stereocenters. The standard InChI is InChI=1S/C21H19N3O/c25-20(24-21(16-10-11-16)15-6-2-1-3-7-15)13-12-17-14-22-18-8-4-5-9-19(18)23-17/h1-9,12-14,16,21H,10-11H2,(H,24,25)/b13-12+. The normalized spacial score (nSPS) is 15.4. The van der Waals surface area contributed by atoms with Crippen LogP contribution in [0.1, 0.15) is 30.1 Å². The summed E-state index contributed by atoms with van der Waals surface area (Å²) in [6, 6.07) is 17.9. The SMILES string of the molecule is O=C(/C=C/c1cnc2ccccc2n1)NC(c1ccccc1)C1CC1. The summed E-state index contributed by atoms with van der Waals surface area (Å²) in [5, 5.41) is 3.13. The van der Waals surface area contributed by atoms with Crippen molar-refractivity contribution in [3.05, 3.63) is 78.1 Å². The summed E-state index contributed by atoms with van der Waals surface area (Å²) in [5.74, 6) is 0.441. The van der Waals surface area contributed by atoms with Crippen LogP contribution in [0.15, 0.2) is 66.9 Å². The van der Waals surface area contributed by atoms with Crippen molar-refractivity contribution in [3.63, 3.8) is 0 Å². The van der Waals surface area contributed by atoms with Crippen molar-refractivity contribution in [3.8, 4) is 0 Å². The minimum absolute atomic E-state index is 0.0843. The summed E-state index contributed by atoms with van der Waals surface area (Å²) in [6.45, 7) is 0. The first-order valence-corrected chi connectivity index (χ1v) is 8.55. The van der Waals surface area contributed by atoms with Gasteiger partial charge in [0, 0.05) is 6.08 Å². The maximum atomic E-state index is 12.3. The number of aromatic nitrogens is 2. The molecule has 0 saturated heterocycles. The Morgan fingerprint density at radius 2 is 1.76 bits per heavy atom. The minimum Gasteiger partial charge on any atom is -0.345 e. The van der Waals surface area contributed by atoms with Crippen molar-refractivity contribution in [2.75, 3.05) is 0 Å². The van der Waals surface area contributed by atoms with Gasteiger partial charge in [-0.15, -0.1) is 0 Å². The summed E-state index contributed by atoms with van der Waals surface area (Å²) in [7, 11) is 0. The fourth-order valence-electron chi connectivity index (χ4n) is 2.98. The molecule has 4 nitrogen and oxygen atoms in total. The van der Waals surface area contributed by atoms with Crippen LogP contribution < -0.4 is 5.32 Å². The van der Waals surface area contributed by atoms with E-state index in [1.807, 2.05) is 42.5 Å². The molecule has 1 aromatic heterocycles. The van der Waals surface area contributed by atoms with Gasteiger partial charge in [0.2, 0.25) is 5.91 Å². The highest BCUT2D eigenvalue weighted by Crippen LogP contribution is 2.40. The molecule has 1 aliphatic rings. The molecule has 25 heavy (non-hydrogen) atoms. The van der Waals surface area contributed by atoms with E-state index >= 15 is 0 Å². The lowest BCUT2D eigenvalue weighted by molar-refractivity contribution is -0.117. The molecule has 1 amide bonds. The Morgan fingerprint density at radius 1 is 1.04 bits per heavy atom. The van der Waals surface area contributed by atoms with E-state index in [0.717, 1.165) is 16.6 Å². The quantitative estimate of drug-likeness (QED) is 0.722. The van der Waals surface area contributed by atoms with E-state index in [-0.39, 0.29) is 11.9 Å². The van der Waals surface area contributed by atoms with Gasteiger partial charge in [0.1, 0.15) is 0 Å². The van der Waals surface area contributed by atoms with Gasteiger partial charge in [0.25, 0.3) is 0 Å². The summed E-state index contributed by atoms with van der Waals surface area (Å²) >= 11 is 0. The number of benzene rings is 2. The third-order valence-electron chi connectivity index (χ3n) is 4.42. The highest BCUT2D eigenvalue weighted by atomic mass is 16.1. The number of rotatable bonds is 5. The summed E-state index contributed by atoms with van der Waals surface area (Å²) in [5.41, 5.74) is 3.51. The Bertz CT molecular complexity index is 917. The fraction of sp³-hybridized carbons (Fsp3) is 0.190. The summed E-state index contributed by atoms with van der Waals surface area (Å²) in [6.07, 6.45) is 7.27. The Kier molecular flexibility index (Phi) is 4.25. The van der Waals surface area contributed by atoms with E-state index < -0.39 is 0 Å².